The van der Waals surface area contributed by atoms with E-state index >= 15 is 0 Å². The van der Waals surface area contributed by atoms with E-state index in [4.69, 9.17) is 0 Å². The van der Waals surface area contributed by atoms with Crippen molar-refractivity contribution >= 4 is 0 Å². The van der Waals surface area contributed by atoms with Gasteiger partial charge in [-0.15, -0.1) is 0 Å². The van der Waals surface area contributed by atoms with Gasteiger partial charge >= 0.3 is 0 Å². The van der Waals surface area contributed by atoms with Crippen LogP contribution in [0.5, 0.6) is 0 Å². The maximum absolute atomic E-state index is 12.4. The molecule has 0 amide bonds. The van der Waals surface area contributed by atoms with Crippen LogP contribution in [0.4, 0.5) is 4.39 Å². The van der Waals surface area contributed by atoms with Crippen LogP contribution in [0.1, 0.15) is 24.4 Å². The molecule has 12 heavy (non-hydrogen) atoms. The lowest BCUT2D eigenvalue weighted by Gasteiger charge is -2.08. The van der Waals surface area contributed by atoms with Gasteiger partial charge in [0.25, 0.3) is 0 Å². The maximum atomic E-state index is 12.4. The third-order valence-electron chi connectivity index (χ3n) is 2.21. The van der Waals surface area contributed by atoms with Crippen LogP contribution < -0.4 is 5.32 Å². The molecule has 3 heteroatoms. The van der Waals surface area contributed by atoms with E-state index in [1.807, 2.05) is 0 Å². The summed E-state index contributed by atoms with van der Waals surface area (Å²) in [5, 5.41) is 3.33. The topological polar surface area (TPSA) is 24.9 Å². The molecule has 0 unspecified atom stereocenters. The lowest BCUT2D eigenvalue weighted by atomic mass is 10.1. The Bertz CT molecular complexity index is 252. The molecule has 0 aromatic carbocycles. The number of pyridine rings is 1. The highest BCUT2D eigenvalue weighted by molar-refractivity contribution is 5.15. The molecule has 1 fully saturated rings. The molecule has 0 radical (unpaired) electrons. The zero-order chi connectivity index (χ0) is 8.39. The molecular weight excluding hydrogens is 155 g/mol. The van der Waals surface area contributed by atoms with E-state index < -0.39 is 5.95 Å². The van der Waals surface area contributed by atoms with Gasteiger partial charge < -0.3 is 5.32 Å². The van der Waals surface area contributed by atoms with E-state index in [1.54, 1.807) is 12.3 Å². The van der Waals surface area contributed by atoms with Crippen molar-refractivity contribution in [1.82, 2.24) is 10.3 Å². The molecule has 1 aliphatic heterocycles. The van der Waals surface area contributed by atoms with Gasteiger partial charge in [-0.2, -0.15) is 4.39 Å². The smallest absolute Gasteiger partial charge is 0.212 e. The molecule has 0 bridgehead atoms. The van der Waals surface area contributed by atoms with Crippen LogP contribution >= 0.6 is 0 Å². The average molecular weight is 166 g/mol. The first kappa shape index (κ1) is 7.68. The summed E-state index contributed by atoms with van der Waals surface area (Å²) < 4.78 is 12.4. The van der Waals surface area contributed by atoms with E-state index in [2.05, 4.69) is 10.3 Å². The molecule has 2 heterocycles. The summed E-state index contributed by atoms with van der Waals surface area (Å²) in [7, 11) is 0. The van der Waals surface area contributed by atoms with E-state index in [0.717, 1.165) is 18.5 Å². The molecule has 1 N–H and O–H groups in total. The fraction of sp³-hybridized carbons (Fsp3) is 0.444. The molecule has 0 saturated carbocycles. The van der Waals surface area contributed by atoms with E-state index in [9.17, 15) is 4.39 Å². The molecule has 2 rings (SSSR count). The Morgan fingerprint density at radius 2 is 2.42 bits per heavy atom. The van der Waals surface area contributed by atoms with Crippen LogP contribution in [0.15, 0.2) is 18.3 Å². The highest BCUT2D eigenvalue weighted by atomic mass is 19.1. The lowest BCUT2D eigenvalue weighted by Crippen LogP contribution is -2.12. The Kier molecular flexibility index (Phi) is 2.04. The van der Waals surface area contributed by atoms with Gasteiger partial charge in [-0.25, -0.2) is 4.98 Å². The normalized spacial score (nSPS) is 22.9. The first-order chi connectivity index (χ1) is 5.86. The van der Waals surface area contributed by atoms with Crippen LogP contribution in [-0.4, -0.2) is 11.5 Å². The highest BCUT2D eigenvalue weighted by Gasteiger charge is 2.15. The van der Waals surface area contributed by atoms with Gasteiger partial charge in [0.2, 0.25) is 5.95 Å². The molecule has 1 aromatic rings. The zero-order valence-electron chi connectivity index (χ0n) is 6.76. The van der Waals surface area contributed by atoms with Crippen LogP contribution in [0, 0.1) is 5.95 Å². The van der Waals surface area contributed by atoms with Crippen molar-refractivity contribution in [3.05, 3.63) is 29.8 Å². The van der Waals surface area contributed by atoms with Crippen molar-refractivity contribution in [2.45, 2.75) is 18.9 Å². The lowest BCUT2D eigenvalue weighted by molar-refractivity contribution is 0.575. The number of hydrogen-bond donors (Lipinski definition) is 1. The number of halogens is 1. The van der Waals surface area contributed by atoms with Crippen LogP contribution in [-0.2, 0) is 0 Å². The van der Waals surface area contributed by atoms with Gasteiger partial charge in [-0.3, -0.25) is 0 Å². The molecule has 1 aromatic heterocycles. The summed E-state index contributed by atoms with van der Waals surface area (Å²) >= 11 is 0. The van der Waals surface area contributed by atoms with Gasteiger partial charge in [0, 0.05) is 12.2 Å². The van der Waals surface area contributed by atoms with Crippen LogP contribution in [0.3, 0.4) is 0 Å². The number of rotatable bonds is 1. The van der Waals surface area contributed by atoms with Gasteiger partial charge in [0.1, 0.15) is 0 Å². The molecule has 1 atom stereocenters. The summed E-state index contributed by atoms with van der Waals surface area (Å²) in [5.74, 6) is -0.406. The predicted octanol–water partition coefficient (Wildman–Crippen LogP) is 1.65. The van der Waals surface area contributed by atoms with Crippen molar-refractivity contribution in [3.8, 4) is 0 Å². The van der Waals surface area contributed by atoms with Crippen molar-refractivity contribution in [1.29, 1.82) is 0 Å². The monoisotopic (exact) mass is 166 g/mol. The molecule has 0 aliphatic carbocycles. The molecule has 64 valence electrons. The van der Waals surface area contributed by atoms with Crippen molar-refractivity contribution in [2.75, 3.05) is 6.54 Å². The van der Waals surface area contributed by atoms with Gasteiger partial charge in [-0.1, -0.05) is 6.07 Å². The van der Waals surface area contributed by atoms with E-state index in [-0.39, 0.29) is 0 Å². The number of nitrogens with zero attached hydrogens (tertiary/aromatic N) is 1. The number of nitrogens with one attached hydrogen (secondary N) is 1. The molecule has 0 spiro atoms. The summed E-state index contributed by atoms with van der Waals surface area (Å²) in [6.07, 6.45) is 3.94. The minimum Gasteiger partial charge on any atom is -0.310 e. The summed E-state index contributed by atoms with van der Waals surface area (Å²) in [6, 6.07) is 3.60. The van der Waals surface area contributed by atoms with Gasteiger partial charge in [-0.05, 0) is 31.0 Å². The predicted molar refractivity (Wildman–Crippen MR) is 44.2 cm³/mol. The SMILES string of the molecule is Fc1ccc([C@H]2CCCN2)cn1. The fourth-order valence-electron chi connectivity index (χ4n) is 1.56. The summed E-state index contributed by atoms with van der Waals surface area (Å²) in [4.78, 5) is 3.62. The third-order valence-corrected chi connectivity index (χ3v) is 2.21. The van der Waals surface area contributed by atoms with Gasteiger partial charge in [0.15, 0.2) is 0 Å². The first-order valence-electron chi connectivity index (χ1n) is 4.21. The number of hydrogen-bond acceptors (Lipinski definition) is 2. The maximum Gasteiger partial charge on any atom is 0.212 e. The molecule has 2 nitrogen and oxygen atoms in total. The average Bonchev–Trinajstić information content (AvgIpc) is 2.58. The Morgan fingerprint density at radius 3 is 3.00 bits per heavy atom. The Labute approximate surface area is 70.8 Å². The Balaban J connectivity index is 2.17. The molecule has 1 saturated heterocycles. The fourth-order valence-corrected chi connectivity index (χ4v) is 1.56. The Hall–Kier alpha value is -0.960. The summed E-state index contributed by atoms with van der Waals surface area (Å²) in [5.41, 5.74) is 1.09. The minimum absolute atomic E-state index is 0.387. The van der Waals surface area contributed by atoms with E-state index in [0.29, 0.717) is 6.04 Å². The molecule has 1 aliphatic rings. The second-order valence-corrected chi connectivity index (χ2v) is 3.06. The number of aromatic nitrogens is 1. The second-order valence-electron chi connectivity index (χ2n) is 3.06. The first-order valence-corrected chi connectivity index (χ1v) is 4.21. The minimum atomic E-state index is -0.406. The summed E-state index contributed by atoms with van der Waals surface area (Å²) in [6.45, 7) is 1.06. The van der Waals surface area contributed by atoms with Crippen molar-refractivity contribution < 1.29 is 4.39 Å². The van der Waals surface area contributed by atoms with Crippen LogP contribution in [0.2, 0.25) is 0 Å². The van der Waals surface area contributed by atoms with Crippen molar-refractivity contribution in [2.24, 2.45) is 0 Å². The van der Waals surface area contributed by atoms with Crippen molar-refractivity contribution in [3.63, 3.8) is 0 Å². The zero-order valence-corrected chi connectivity index (χ0v) is 6.76. The standard InChI is InChI=1S/C9H11FN2/c10-9-4-3-7(6-12-9)8-2-1-5-11-8/h3-4,6,8,11H,1-2,5H2/t8-/m1/s1. The van der Waals surface area contributed by atoms with Crippen LogP contribution in [0.25, 0.3) is 0 Å². The largest absolute Gasteiger partial charge is 0.310 e. The Morgan fingerprint density at radius 1 is 1.50 bits per heavy atom. The second kappa shape index (κ2) is 3.19. The quantitative estimate of drug-likeness (QED) is 0.641. The van der Waals surface area contributed by atoms with E-state index in [1.165, 1.54) is 12.5 Å². The molecular formula is C9H11FN2. The third kappa shape index (κ3) is 1.46. The highest BCUT2D eigenvalue weighted by Crippen LogP contribution is 2.21. The van der Waals surface area contributed by atoms with Gasteiger partial charge in [0.05, 0.1) is 0 Å².